The number of hydrogen-bond donors (Lipinski definition) is 0. The van der Waals surface area contributed by atoms with Crippen LogP contribution in [0.4, 0.5) is 0 Å². The van der Waals surface area contributed by atoms with Crippen LogP contribution >= 0.6 is 22.6 Å². The molecule has 0 bridgehead atoms. The van der Waals surface area contributed by atoms with E-state index in [1.807, 2.05) is 0 Å². The second kappa shape index (κ2) is 6.02. The number of halogens is 1. The van der Waals surface area contributed by atoms with Crippen LogP contribution in [0.3, 0.4) is 0 Å². The molecule has 0 amide bonds. The number of aryl methyl sites for hydroxylation is 1. The molecule has 3 aromatic carbocycles. The summed E-state index contributed by atoms with van der Waals surface area (Å²) in [6.07, 6.45) is 0. The van der Waals surface area contributed by atoms with Crippen molar-refractivity contribution in [2.24, 2.45) is 0 Å². The van der Waals surface area contributed by atoms with Gasteiger partial charge in [-0.05, 0) is 29.2 Å². The highest BCUT2D eigenvalue weighted by Crippen LogP contribution is 2.46. The van der Waals surface area contributed by atoms with Crippen molar-refractivity contribution in [3.8, 4) is 0 Å². The van der Waals surface area contributed by atoms with Crippen LogP contribution in [0.25, 0.3) is 0 Å². The molecule has 0 N–H and O–H groups in total. The Morgan fingerprint density at radius 3 is 1.52 bits per heavy atom. The molecule has 0 nitrogen and oxygen atoms in total. The van der Waals surface area contributed by atoms with E-state index in [1.54, 1.807) is 0 Å². The normalized spacial score (nSPS) is 11.3. The predicted octanol–water partition coefficient (Wildman–Crippen LogP) is 5.72. The summed E-state index contributed by atoms with van der Waals surface area (Å²) in [6.45, 7) is 2.19. The smallest absolute Gasteiger partial charge is 0.0631 e. The lowest BCUT2D eigenvalue weighted by molar-refractivity contribution is 0.926. The molecule has 104 valence electrons. The average molecular weight is 384 g/mol. The van der Waals surface area contributed by atoms with Gasteiger partial charge < -0.3 is 0 Å². The Morgan fingerprint density at radius 2 is 1.05 bits per heavy atom. The molecule has 0 radical (unpaired) electrons. The second-order valence-electron chi connectivity index (χ2n) is 5.21. The number of alkyl halides is 1. The van der Waals surface area contributed by atoms with E-state index in [0.29, 0.717) is 0 Å². The van der Waals surface area contributed by atoms with Crippen molar-refractivity contribution in [2.75, 3.05) is 0 Å². The Hall–Kier alpha value is -1.61. The first-order valence-electron chi connectivity index (χ1n) is 7.09. The molecule has 3 rings (SSSR count). The summed E-state index contributed by atoms with van der Waals surface area (Å²) >= 11 is 2.60. The van der Waals surface area contributed by atoms with Crippen LogP contribution in [0.15, 0.2) is 84.9 Å². The summed E-state index contributed by atoms with van der Waals surface area (Å²) in [5, 5.41) is 0. The van der Waals surface area contributed by atoms with E-state index in [4.69, 9.17) is 0 Å². The maximum atomic E-state index is 2.60. The van der Waals surface area contributed by atoms with E-state index in [2.05, 4.69) is 114 Å². The Morgan fingerprint density at radius 1 is 0.619 bits per heavy atom. The Balaban J connectivity index is 2.29. The van der Waals surface area contributed by atoms with Gasteiger partial charge in [-0.2, -0.15) is 0 Å². The molecule has 0 atom stereocenters. The highest BCUT2D eigenvalue weighted by atomic mass is 127. The Kier molecular flexibility index (Phi) is 4.11. The zero-order valence-electron chi connectivity index (χ0n) is 12.0. The maximum absolute atomic E-state index is 2.60. The van der Waals surface area contributed by atoms with E-state index in [0.717, 1.165) is 0 Å². The monoisotopic (exact) mass is 384 g/mol. The van der Waals surface area contributed by atoms with Crippen molar-refractivity contribution in [1.82, 2.24) is 0 Å². The summed E-state index contributed by atoms with van der Waals surface area (Å²) in [5.41, 5.74) is 5.29. The van der Waals surface area contributed by atoms with Gasteiger partial charge >= 0.3 is 0 Å². The second-order valence-corrected chi connectivity index (χ2v) is 6.82. The molecule has 0 fully saturated rings. The fourth-order valence-corrected chi connectivity index (χ4v) is 4.10. The van der Waals surface area contributed by atoms with E-state index < -0.39 is 0 Å². The third-order valence-corrected chi connectivity index (χ3v) is 5.69. The molecule has 0 unspecified atom stereocenters. The molecule has 0 aromatic heterocycles. The van der Waals surface area contributed by atoms with Gasteiger partial charge in [0.15, 0.2) is 0 Å². The first-order valence-corrected chi connectivity index (χ1v) is 8.17. The summed E-state index contributed by atoms with van der Waals surface area (Å²) in [7, 11) is 0. The van der Waals surface area contributed by atoms with E-state index in [1.165, 1.54) is 22.3 Å². The lowest BCUT2D eigenvalue weighted by Gasteiger charge is -2.31. The first kappa shape index (κ1) is 14.3. The number of benzene rings is 3. The molecule has 0 heterocycles. The van der Waals surface area contributed by atoms with Gasteiger partial charge in [0.05, 0.1) is 3.42 Å². The minimum absolute atomic E-state index is 0.161. The third-order valence-electron chi connectivity index (χ3n) is 3.86. The van der Waals surface area contributed by atoms with Gasteiger partial charge in [-0.25, -0.2) is 0 Å². The standard InChI is InChI=1S/C20H17I/c1-16-10-8-9-15-19(16)20(21,17-11-4-2-5-12-17)18-13-6-3-7-14-18/h2-15H,1H3. The van der Waals surface area contributed by atoms with Crippen molar-refractivity contribution in [3.63, 3.8) is 0 Å². The van der Waals surface area contributed by atoms with E-state index >= 15 is 0 Å². The molecule has 0 aliphatic heterocycles. The third kappa shape index (κ3) is 2.62. The first-order chi connectivity index (χ1) is 10.2. The largest absolute Gasteiger partial charge is 0.0970 e. The van der Waals surface area contributed by atoms with Crippen LogP contribution in [-0.4, -0.2) is 0 Å². The Labute approximate surface area is 140 Å². The van der Waals surface area contributed by atoms with Crippen LogP contribution in [-0.2, 0) is 3.42 Å². The zero-order chi connectivity index (χ0) is 14.7. The summed E-state index contributed by atoms with van der Waals surface area (Å²) in [4.78, 5) is 0. The number of rotatable bonds is 3. The van der Waals surface area contributed by atoms with Crippen LogP contribution in [0, 0.1) is 6.92 Å². The summed E-state index contributed by atoms with van der Waals surface area (Å²) in [6, 6.07) is 30.1. The van der Waals surface area contributed by atoms with Crippen molar-refractivity contribution >= 4 is 22.6 Å². The van der Waals surface area contributed by atoms with E-state index in [9.17, 15) is 0 Å². The van der Waals surface area contributed by atoms with Crippen LogP contribution in [0.5, 0.6) is 0 Å². The molecule has 1 heteroatoms. The maximum Gasteiger partial charge on any atom is 0.0970 e. The van der Waals surface area contributed by atoms with Crippen LogP contribution < -0.4 is 0 Å². The molecule has 0 saturated carbocycles. The minimum Gasteiger partial charge on any atom is -0.0631 e. The zero-order valence-corrected chi connectivity index (χ0v) is 14.1. The minimum atomic E-state index is -0.161. The average Bonchev–Trinajstić information content (AvgIpc) is 2.56. The lowest BCUT2D eigenvalue weighted by Crippen LogP contribution is -2.22. The van der Waals surface area contributed by atoms with Gasteiger partial charge in [-0.1, -0.05) is 108 Å². The summed E-state index contributed by atoms with van der Waals surface area (Å²) < 4.78 is -0.161. The van der Waals surface area contributed by atoms with Crippen LogP contribution in [0.1, 0.15) is 22.3 Å². The SMILES string of the molecule is Cc1ccccc1C(I)(c1ccccc1)c1ccccc1. The fraction of sp³-hybridized carbons (Fsp3) is 0.100. The quantitative estimate of drug-likeness (QED) is 0.308. The molecule has 21 heavy (non-hydrogen) atoms. The van der Waals surface area contributed by atoms with Gasteiger partial charge in [-0.15, -0.1) is 0 Å². The van der Waals surface area contributed by atoms with Crippen molar-refractivity contribution < 1.29 is 0 Å². The van der Waals surface area contributed by atoms with Crippen molar-refractivity contribution in [1.29, 1.82) is 0 Å². The molecule has 0 aliphatic rings. The molecule has 3 aromatic rings. The Bertz CT molecular complexity index is 678. The lowest BCUT2D eigenvalue weighted by atomic mass is 9.83. The molecular weight excluding hydrogens is 367 g/mol. The van der Waals surface area contributed by atoms with Crippen molar-refractivity contribution in [3.05, 3.63) is 107 Å². The molecule has 0 aliphatic carbocycles. The van der Waals surface area contributed by atoms with E-state index in [-0.39, 0.29) is 3.42 Å². The predicted molar refractivity (Wildman–Crippen MR) is 98.0 cm³/mol. The summed E-state index contributed by atoms with van der Waals surface area (Å²) in [5.74, 6) is 0. The number of hydrogen-bond acceptors (Lipinski definition) is 0. The molecular formula is C20H17I. The molecule has 0 saturated heterocycles. The fourth-order valence-electron chi connectivity index (χ4n) is 2.77. The highest BCUT2D eigenvalue weighted by molar-refractivity contribution is 14.1. The van der Waals surface area contributed by atoms with Crippen LogP contribution in [0.2, 0.25) is 0 Å². The van der Waals surface area contributed by atoms with Gasteiger partial charge in [-0.3, -0.25) is 0 Å². The van der Waals surface area contributed by atoms with Gasteiger partial charge in [0.25, 0.3) is 0 Å². The molecule has 0 spiro atoms. The van der Waals surface area contributed by atoms with Gasteiger partial charge in [0, 0.05) is 0 Å². The topological polar surface area (TPSA) is 0 Å². The van der Waals surface area contributed by atoms with Gasteiger partial charge in [0.2, 0.25) is 0 Å². The van der Waals surface area contributed by atoms with Crippen molar-refractivity contribution in [2.45, 2.75) is 10.3 Å². The van der Waals surface area contributed by atoms with Gasteiger partial charge in [0.1, 0.15) is 0 Å². The highest BCUT2D eigenvalue weighted by Gasteiger charge is 2.34.